The van der Waals surface area contributed by atoms with Crippen LogP contribution in [0.3, 0.4) is 0 Å². The second kappa shape index (κ2) is 3.63. The second-order valence-corrected chi connectivity index (χ2v) is 4.13. The molecule has 2 amide bonds. The number of anilines is 1. The standard InChI is InChI=1S/C12H14N2O2/c1-8-4-5-10-9(6-8)12(16)13(2)7-11(15)14(10)3/h4-6H,7H2,1-3H3. The van der Waals surface area contributed by atoms with Crippen LogP contribution in [-0.2, 0) is 4.79 Å². The number of nitrogens with zero attached hydrogens (tertiary/aromatic N) is 2. The van der Waals surface area contributed by atoms with E-state index in [4.69, 9.17) is 0 Å². The average molecular weight is 218 g/mol. The van der Waals surface area contributed by atoms with E-state index in [0.29, 0.717) is 11.3 Å². The van der Waals surface area contributed by atoms with E-state index in [1.165, 1.54) is 9.80 Å². The molecule has 0 fully saturated rings. The molecule has 0 saturated carbocycles. The van der Waals surface area contributed by atoms with Gasteiger partial charge in [-0.25, -0.2) is 0 Å². The highest BCUT2D eigenvalue weighted by Crippen LogP contribution is 2.24. The van der Waals surface area contributed by atoms with Gasteiger partial charge in [0.2, 0.25) is 5.91 Å². The molecule has 0 aromatic heterocycles. The van der Waals surface area contributed by atoms with Gasteiger partial charge in [-0.2, -0.15) is 0 Å². The molecule has 0 bridgehead atoms. The van der Waals surface area contributed by atoms with E-state index >= 15 is 0 Å². The van der Waals surface area contributed by atoms with E-state index in [1.807, 2.05) is 25.1 Å². The first kappa shape index (κ1) is 10.7. The Balaban J connectivity index is 2.62. The molecule has 0 radical (unpaired) electrons. The summed E-state index contributed by atoms with van der Waals surface area (Å²) in [6, 6.07) is 5.55. The number of rotatable bonds is 0. The first-order valence-corrected chi connectivity index (χ1v) is 5.13. The van der Waals surface area contributed by atoms with Crippen molar-refractivity contribution in [1.82, 2.24) is 4.90 Å². The Labute approximate surface area is 94.5 Å². The van der Waals surface area contributed by atoms with E-state index in [2.05, 4.69) is 0 Å². The van der Waals surface area contributed by atoms with Gasteiger partial charge < -0.3 is 9.80 Å². The van der Waals surface area contributed by atoms with Gasteiger partial charge in [0.15, 0.2) is 0 Å². The summed E-state index contributed by atoms with van der Waals surface area (Å²) in [5.74, 6) is -0.171. The molecule has 1 aromatic carbocycles. The van der Waals surface area contributed by atoms with Crippen LogP contribution in [0.1, 0.15) is 15.9 Å². The van der Waals surface area contributed by atoms with Gasteiger partial charge in [0.1, 0.15) is 6.54 Å². The Kier molecular flexibility index (Phi) is 2.42. The van der Waals surface area contributed by atoms with Crippen LogP contribution in [0.4, 0.5) is 5.69 Å². The van der Waals surface area contributed by atoms with Gasteiger partial charge >= 0.3 is 0 Å². The zero-order valence-corrected chi connectivity index (χ0v) is 9.65. The first-order chi connectivity index (χ1) is 7.50. The third-order valence-corrected chi connectivity index (χ3v) is 2.84. The van der Waals surface area contributed by atoms with Crippen LogP contribution in [0.2, 0.25) is 0 Å². The number of amides is 2. The molecule has 16 heavy (non-hydrogen) atoms. The Morgan fingerprint density at radius 3 is 2.56 bits per heavy atom. The van der Waals surface area contributed by atoms with E-state index in [9.17, 15) is 9.59 Å². The Hall–Kier alpha value is -1.84. The van der Waals surface area contributed by atoms with Gasteiger partial charge in [0.25, 0.3) is 5.91 Å². The van der Waals surface area contributed by atoms with Crippen molar-refractivity contribution in [2.75, 3.05) is 25.5 Å². The molecule has 2 rings (SSSR count). The molecule has 4 heteroatoms. The number of carbonyl (C=O) groups excluding carboxylic acids is 2. The normalized spacial score (nSPS) is 16.2. The van der Waals surface area contributed by atoms with Crippen molar-refractivity contribution < 1.29 is 9.59 Å². The molecule has 1 aromatic rings. The van der Waals surface area contributed by atoms with Crippen molar-refractivity contribution in [3.05, 3.63) is 29.3 Å². The van der Waals surface area contributed by atoms with Crippen molar-refractivity contribution in [2.45, 2.75) is 6.92 Å². The van der Waals surface area contributed by atoms with Crippen molar-refractivity contribution in [1.29, 1.82) is 0 Å². The monoisotopic (exact) mass is 218 g/mol. The van der Waals surface area contributed by atoms with E-state index < -0.39 is 0 Å². The number of fused-ring (bicyclic) bond motifs is 1. The predicted molar refractivity (Wildman–Crippen MR) is 61.5 cm³/mol. The zero-order valence-electron chi connectivity index (χ0n) is 9.65. The van der Waals surface area contributed by atoms with Gasteiger partial charge in [-0.05, 0) is 19.1 Å². The summed E-state index contributed by atoms with van der Waals surface area (Å²) >= 11 is 0. The van der Waals surface area contributed by atoms with Crippen LogP contribution >= 0.6 is 0 Å². The van der Waals surface area contributed by atoms with Gasteiger partial charge in [-0.15, -0.1) is 0 Å². The molecule has 0 atom stereocenters. The highest BCUT2D eigenvalue weighted by molar-refractivity contribution is 6.09. The summed E-state index contributed by atoms with van der Waals surface area (Å²) in [6.45, 7) is 2.06. The molecule has 0 saturated heterocycles. The summed E-state index contributed by atoms with van der Waals surface area (Å²) in [5.41, 5.74) is 2.30. The lowest BCUT2D eigenvalue weighted by molar-refractivity contribution is -0.118. The lowest BCUT2D eigenvalue weighted by Crippen LogP contribution is -2.35. The summed E-state index contributed by atoms with van der Waals surface area (Å²) in [4.78, 5) is 26.8. The summed E-state index contributed by atoms with van der Waals surface area (Å²) in [6.07, 6.45) is 0. The fourth-order valence-electron chi connectivity index (χ4n) is 1.83. The van der Waals surface area contributed by atoms with Crippen molar-refractivity contribution in [3.8, 4) is 0 Å². The summed E-state index contributed by atoms with van der Waals surface area (Å²) < 4.78 is 0. The minimum atomic E-state index is -0.101. The van der Waals surface area contributed by atoms with E-state index in [-0.39, 0.29) is 18.4 Å². The smallest absolute Gasteiger partial charge is 0.256 e. The van der Waals surface area contributed by atoms with Crippen LogP contribution in [0.25, 0.3) is 0 Å². The molecule has 84 valence electrons. The lowest BCUT2D eigenvalue weighted by Gasteiger charge is -2.16. The quantitative estimate of drug-likeness (QED) is 0.653. The Morgan fingerprint density at radius 2 is 1.88 bits per heavy atom. The van der Waals surface area contributed by atoms with Crippen LogP contribution in [0.5, 0.6) is 0 Å². The summed E-state index contributed by atoms with van der Waals surface area (Å²) in [7, 11) is 3.34. The van der Waals surface area contributed by atoms with Crippen LogP contribution in [0.15, 0.2) is 18.2 Å². The molecule has 0 aliphatic carbocycles. The maximum absolute atomic E-state index is 12.0. The second-order valence-electron chi connectivity index (χ2n) is 4.13. The first-order valence-electron chi connectivity index (χ1n) is 5.13. The molecule has 0 unspecified atom stereocenters. The highest BCUT2D eigenvalue weighted by Gasteiger charge is 2.27. The van der Waals surface area contributed by atoms with Crippen molar-refractivity contribution in [2.24, 2.45) is 0 Å². The van der Waals surface area contributed by atoms with E-state index in [0.717, 1.165) is 5.56 Å². The number of aryl methyl sites for hydroxylation is 1. The van der Waals surface area contributed by atoms with Gasteiger partial charge in [0, 0.05) is 14.1 Å². The SMILES string of the molecule is Cc1ccc2c(c1)C(=O)N(C)CC(=O)N2C. The fraction of sp³-hybridized carbons (Fsp3) is 0.333. The predicted octanol–water partition coefficient (Wildman–Crippen LogP) is 1.04. The summed E-state index contributed by atoms with van der Waals surface area (Å²) in [5, 5.41) is 0. The Morgan fingerprint density at radius 1 is 1.19 bits per heavy atom. The van der Waals surface area contributed by atoms with Crippen LogP contribution in [0, 0.1) is 6.92 Å². The third-order valence-electron chi connectivity index (χ3n) is 2.84. The molecular formula is C12H14N2O2. The van der Waals surface area contributed by atoms with Crippen molar-refractivity contribution >= 4 is 17.5 Å². The lowest BCUT2D eigenvalue weighted by atomic mass is 10.1. The molecular weight excluding hydrogens is 204 g/mol. The minimum Gasteiger partial charge on any atom is -0.332 e. The zero-order chi connectivity index (χ0) is 11.9. The number of carbonyl (C=O) groups is 2. The average Bonchev–Trinajstić information content (AvgIpc) is 2.32. The van der Waals surface area contributed by atoms with Crippen LogP contribution < -0.4 is 4.90 Å². The Bertz CT molecular complexity index is 468. The maximum Gasteiger partial charge on any atom is 0.256 e. The fourth-order valence-corrected chi connectivity index (χ4v) is 1.83. The molecule has 1 heterocycles. The molecule has 1 aliphatic heterocycles. The molecule has 0 spiro atoms. The van der Waals surface area contributed by atoms with Crippen LogP contribution in [-0.4, -0.2) is 37.4 Å². The number of benzene rings is 1. The van der Waals surface area contributed by atoms with E-state index in [1.54, 1.807) is 14.1 Å². The van der Waals surface area contributed by atoms with Gasteiger partial charge in [0.05, 0.1) is 11.3 Å². The topological polar surface area (TPSA) is 40.6 Å². The third kappa shape index (κ3) is 1.56. The molecule has 1 aliphatic rings. The number of hydrogen-bond acceptors (Lipinski definition) is 2. The number of likely N-dealkylation sites (N-methyl/N-ethyl adjacent to an activating group) is 2. The largest absolute Gasteiger partial charge is 0.332 e. The molecule has 0 N–H and O–H groups in total. The molecule has 4 nitrogen and oxygen atoms in total. The number of hydrogen-bond donors (Lipinski definition) is 0. The van der Waals surface area contributed by atoms with Crippen molar-refractivity contribution in [3.63, 3.8) is 0 Å². The highest BCUT2D eigenvalue weighted by atomic mass is 16.2. The minimum absolute atomic E-state index is 0.0709. The maximum atomic E-state index is 12.0. The van der Waals surface area contributed by atoms with Gasteiger partial charge in [-0.1, -0.05) is 11.6 Å². The van der Waals surface area contributed by atoms with Gasteiger partial charge in [-0.3, -0.25) is 9.59 Å².